The zero-order valence-corrected chi connectivity index (χ0v) is 9.75. The predicted molar refractivity (Wildman–Crippen MR) is 62.5 cm³/mol. The van der Waals surface area contributed by atoms with Crippen LogP contribution in [0.25, 0.3) is 10.4 Å². The van der Waals surface area contributed by atoms with Crippen LogP contribution in [0.3, 0.4) is 0 Å². The van der Waals surface area contributed by atoms with Gasteiger partial charge in [-0.3, -0.25) is 15.3 Å². The van der Waals surface area contributed by atoms with E-state index in [0.717, 1.165) is 0 Å². The van der Waals surface area contributed by atoms with E-state index in [1.807, 2.05) is 0 Å². The summed E-state index contributed by atoms with van der Waals surface area (Å²) in [6.07, 6.45) is 0.345. The van der Waals surface area contributed by atoms with Gasteiger partial charge in [0.15, 0.2) is 5.82 Å². The standard InChI is InChI=1S/C9H12N6O4/c10-14-12-5-3-8(19-6(5)4-16)15-2-1-7(13-18)11-9(15)17/h1-2,5-6,8,16,18H,3-4H2,(H,11,13,17)/t5-,6+,8+/m1/s1. The summed E-state index contributed by atoms with van der Waals surface area (Å²) in [4.78, 5) is 17.9. The Kier molecular flexibility index (Phi) is 3.97. The van der Waals surface area contributed by atoms with Crippen molar-refractivity contribution < 1.29 is 15.1 Å². The van der Waals surface area contributed by atoms with Crippen molar-refractivity contribution in [3.63, 3.8) is 0 Å². The van der Waals surface area contributed by atoms with Crippen molar-refractivity contribution >= 4 is 5.82 Å². The number of nitrogens with one attached hydrogen (secondary N) is 1. The van der Waals surface area contributed by atoms with Gasteiger partial charge >= 0.3 is 5.69 Å². The monoisotopic (exact) mass is 268 g/mol. The number of aromatic nitrogens is 2. The van der Waals surface area contributed by atoms with Crippen LogP contribution in [0.1, 0.15) is 12.6 Å². The minimum atomic E-state index is -0.666. The van der Waals surface area contributed by atoms with E-state index in [1.54, 1.807) is 5.48 Å². The molecule has 1 saturated heterocycles. The Labute approximate surface area is 106 Å². The molecule has 10 heteroatoms. The van der Waals surface area contributed by atoms with Crippen LogP contribution >= 0.6 is 0 Å². The van der Waals surface area contributed by atoms with Gasteiger partial charge in [0.25, 0.3) is 0 Å². The second kappa shape index (κ2) is 5.67. The molecule has 1 aliphatic heterocycles. The Bertz CT molecular complexity index is 554. The topological polar surface area (TPSA) is 145 Å². The first-order valence-electron chi connectivity index (χ1n) is 5.49. The van der Waals surface area contributed by atoms with Crippen LogP contribution in [0.15, 0.2) is 22.2 Å². The van der Waals surface area contributed by atoms with Crippen molar-refractivity contribution in [1.82, 2.24) is 9.55 Å². The molecule has 0 aliphatic carbocycles. The number of anilines is 1. The van der Waals surface area contributed by atoms with Crippen LogP contribution in [0.4, 0.5) is 5.82 Å². The molecule has 19 heavy (non-hydrogen) atoms. The van der Waals surface area contributed by atoms with Gasteiger partial charge in [-0.25, -0.2) is 4.79 Å². The summed E-state index contributed by atoms with van der Waals surface area (Å²) in [5, 5.41) is 21.3. The van der Waals surface area contributed by atoms with Crippen molar-refractivity contribution in [2.24, 2.45) is 5.11 Å². The van der Waals surface area contributed by atoms with Crippen LogP contribution in [-0.2, 0) is 4.74 Å². The molecule has 0 radical (unpaired) electrons. The summed E-state index contributed by atoms with van der Waals surface area (Å²) in [7, 11) is 0. The lowest BCUT2D eigenvalue weighted by Crippen LogP contribution is -2.27. The van der Waals surface area contributed by atoms with Crippen molar-refractivity contribution in [2.45, 2.75) is 24.8 Å². The largest absolute Gasteiger partial charge is 0.394 e. The number of aliphatic hydroxyl groups is 1. The van der Waals surface area contributed by atoms with Crippen LogP contribution < -0.4 is 11.2 Å². The van der Waals surface area contributed by atoms with Crippen molar-refractivity contribution in [1.29, 1.82) is 0 Å². The summed E-state index contributed by atoms with van der Waals surface area (Å²) in [6.45, 7) is -0.307. The number of rotatable bonds is 4. The van der Waals surface area contributed by atoms with Gasteiger partial charge in [0.05, 0.1) is 18.8 Å². The van der Waals surface area contributed by atoms with Crippen molar-refractivity contribution in [3.05, 3.63) is 33.2 Å². The fraction of sp³-hybridized carbons (Fsp3) is 0.556. The Balaban J connectivity index is 2.24. The highest BCUT2D eigenvalue weighted by atomic mass is 16.5. The van der Waals surface area contributed by atoms with E-state index in [1.165, 1.54) is 16.8 Å². The van der Waals surface area contributed by atoms with Gasteiger partial charge in [0.2, 0.25) is 0 Å². The maximum atomic E-state index is 11.7. The third-order valence-corrected chi connectivity index (χ3v) is 2.84. The first-order chi connectivity index (χ1) is 9.19. The average Bonchev–Trinajstić information content (AvgIpc) is 2.82. The molecule has 1 fully saturated rings. The lowest BCUT2D eigenvalue weighted by Gasteiger charge is -2.14. The number of azide groups is 1. The highest BCUT2D eigenvalue weighted by Crippen LogP contribution is 2.29. The van der Waals surface area contributed by atoms with E-state index in [2.05, 4.69) is 15.0 Å². The van der Waals surface area contributed by atoms with Gasteiger partial charge in [-0.15, -0.1) is 0 Å². The van der Waals surface area contributed by atoms with E-state index in [-0.39, 0.29) is 18.8 Å². The molecule has 0 amide bonds. The van der Waals surface area contributed by atoms with Gasteiger partial charge < -0.3 is 9.84 Å². The summed E-state index contributed by atoms with van der Waals surface area (Å²) in [5.41, 5.74) is 9.56. The van der Waals surface area contributed by atoms with Crippen LogP contribution in [-0.4, -0.2) is 38.6 Å². The molecule has 10 nitrogen and oxygen atoms in total. The summed E-state index contributed by atoms with van der Waals surface area (Å²) in [6, 6.07) is 0.849. The maximum absolute atomic E-state index is 11.7. The Morgan fingerprint density at radius 2 is 2.53 bits per heavy atom. The second-order valence-corrected chi connectivity index (χ2v) is 3.93. The number of ether oxygens (including phenoxy) is 1. The zero-order chi connectivity index (χ0) is 13.8. The fourth-order valence-corrected chi connectivity index (χ4v) is 1.93. The molecule has 0 aromatic carbocycles. The minimum absolute atomic E-state index is 0.0181. The highest BCUT2D eigenvalue weighted by Gasteiger charge is 2.35. The molecule has 3 N–H and O–H groups in total. The van der Waals surface area contributed by atoms with Crippen LogP contribution in [0.2, 0.25) is 0 Å². The molecule has 0 spiro atoms. The summed E-state index contributed by atoms with van der Waals surface area (Å²) in [5.74, 6) is 0.0181. The van der Waals surface area contributed by atoms with Gasteiger partial charge in [0, 0.05) is 17.5 Å². The first kappa shape index (κ1) is 13.3. The molecule has 0 saturated carbocycles. The molecule has 1 aliphatic rings. The molecule has 102 valence electrons. The Morgan fingerprint density at radius 1 is 1.74 bits per heavy atom. The molecule has 3 atom stereocenters. The highest BCUT2D eigenvalue weighted by molar-refractivity contribution is 5.28. The first-order valence-corrected chi connectivity index (χ1v) is 5.49. The zero-order valence-electron chi connectivity index (χ0n) is 9.75. The SMILES string of the molecule is [N-]=[N+]=N[C@@H]1C[C@@H](n2ccc(NO)nc2=O)O[C@H]1CO. The molecule has 0 bridgehead atoms. The third-order valence-electron chi connectivity index (χ3n) is 2.84. The van der Waals surface area contributed by atoms with Crippen molar-refractivity contribution in [2.75, 3.05) is 12.1 Å². The Morgan fingerprint density at radius 3 is 3.11 bits per heavy atom. The molecule has 0 unspecified atom stereocenters. The average molecular weight is 268 g/mol. The molecule has 2 heterocycles. The van der Waals surface area contributed by atoms with E-state index in [0.29, 0.717) is 0 Å². The number of hydrogen-bond donors (Lipinski definition) is 3. The van der Waals surface area contributed by atoms with Gasteiger partial charge in [-0.1, -0.05) is 5.11 Å². The van der Waals surface area contributed by atoms with E-state index >= 15 is 0 Å². The number of aliphatic hydroxyl groups excluding tert-OH is 1. The lowest BCUT2D eigenvalue weighted by atomic mass is 10.1. The normalized spacial score (nSPS) is 25.9. The predicted octanol–water partition coefficient (Wildman–Crippen LogP) is 0.00310. The van der Waals surface area contributed by atoms with E-state index in [9.17, 15) is 4.79 Å². The van der Waals surface area contributed by atoms with Gasteiger partial charge in [-0.2, -0.15) is 4.98 Å². The minimum Gasteiger partial charge on any atom is -0.394 e. The van der Waals surface area contributed by atoms with Crippen LogP contribution in [0, 0.1) is 0 Å². The number of hydrogen-bond acceptors (Lipinski definition) is 7. The molecule has 1 aromatic heterocycles. The fourth-order valence-electron chi connectivity index (χ4n) is 1.93. The molecular weight excluding hydrogens is 256 g/mol. The summed E-state index contributed by atoms with van der Waals surface area (Å²) < 4.78 is 6.65. The lowest BCUT2D eigenvalue weighted by molar-refractivity contribution is -0.0270. The molecular formula is C9H12N6O4. The van der Waals surface area contributed by atoms with E-state index in [4.69, 9.17) is 20.6 Å². The van der Waals surface area contributed by atoms with E-state index < -0.39 is 24.1 Å². The summed E-state index contributed by atoms with van der Waals surface area (Å²) >= 11 is 0. The maximum Gasteiger partial charge on any atom is 0.351 e. The molecule has 1 aromatic rings. The number of nitrogens with zero attached hydrogens (tertiary/aromatic N) is 5. The second-order valence-electron chi connectivity index (χ2n) is 3.93. The Hall–Kier alpha value is -2.13. The molecule has 2 rings (SSSR count). The smallest absolute Gasteiger partial charge is 0.351 e. The van der Waals surface area contributed by atoms with Crippen LogP contribution in [0.5, 0.6) is 0 Å². The van der Waals surface area contributed by atoms with Gasteiger partial charge in [-0.05, 0) is 11.6 Å². The quantitative estimate of drug-likeness (QED) is 0.303. The third kappa shape index (κ3) is 2.66. The van der Waals surface area contributed by atoms with Gasteiger partial charge in [0.1, 0.15) is 6.23 Å². The van der Waals surface area contributed by atoms with Crippen molar-refractivity contribution in [3.8, 4) is 0 Å².